The van der Waals surface area contributed by atoms with E-state index in [0.717, 1.165) is 18.9 Å². The van der Waals surface area contributed by atoms with Gasteiger partial charge in [-0.05, 0) is 32.1 Å². The summed E-state index contributed by atoms with van der Waals surface area (Å²) >= 11 is 0. The van der Waals surface area contributed by atoms with Crippen LogP contribution in [0.1, 0.15) is 58.8 Å². The van der Waals surface area contributed by atoms with E-state index in [4.69, 9.17) is 9.47 Å². The van der Waals surface area contributed by atoms with Crippen LogP contribution in [0, 0.1) is 11.8 Å². The van der Waals surface area contributed by atoms with Crippen molar-refractivity contribution in [2.75, 3.05) is 20.8 Å². The zero-order valence-corrected chi connectivity index (χ0v) is 12.1. The van der Waals surface area contributed by atoms with Crippen LogP contribution in [0.4, 0.5) is 0 Å². The fourth-order valence-corrected chi connectivity index (χ4v) is 3.32. The lowest BCUT2D eigenvalue weighted by Gasteiger charge is -2.40. The molecule has 1 aliphatic carbocycles. The third-order valence-electron chi connectivity index (χ3n) is 4.59. The summed E-state index contributed by atoms with van der Waals surface area (Å²) in [6, 6.07) is 0. The van der Waals surface area contributed by atoms with Crippen LogP contribution in [0.3, 0.4) is 0 Å². The van der Waals surface area contributed by atoms with Gasteiger partial charge in [0.25, 0.3) is 0 Å². The van der Waals surface area contributed by atoms with Gasteiger partial charge in [0, 0.05) is 20.1 Å². The summed E-state index contributed by atoms with van der Waals surface area (Å²) in [4.78, 5) is 0. The van der Waals surface area contributed by atoms with Gasteiger partial charge < -0.3 is 9.47 Å². The molecule has 2 atom stereocenters. The van der Waals surface area contributed by atoms with E-state index < -0.39 is 0 Å². The number of rotatable bonds is 8. The standard InChI is InChI=1S/C15H30O2/c1-5-6-11-15(2,17-4)14(12-16-3)13-9-7-8-10-13/h13-14H,5-12H2,1-4H3. The maximum Gasteiger partial charge on any atom is 0.0703 e. The number of ether oxygens (including phenoxy) is 2. The molecule has 0 N–H and O–H groups in total. The Labute approximate surface area is 107 Å². The molecule has 1 rings (SSSR count). The average molecular weight is 242 g/mol. The highest BCUT2D eigenvalue weighted by Crippen LogP contribution is 2.40. The number of methoxy groups -OCH3 is 2. The van der Waals surface area contributed by atoms with Crippen LogP contribution in [0.5, 0.6) is 0 Å². The molecule has 0 amide bonds. The fourth-order valence-electron chi connectivity index (χ4n) is 3.32. The van der Waals surface area contributed by atoms with Crippen molar-refractivity contribution in [3.8, 4) is 0 Å². The van der Waals surface area contributed by atoms with Gasteiger partial charge in [-0.3, -0.25) is 0 Å². The third-order valence-corrected chi connectivity index (χ3v) is 4.59. The minimum Gasteiger partial charge on any atom is -0.384 e. The summed E-state index contributed by atoms with van der Waals surface area (Å²) < 4.78 is 11.4. The Balaban J connectivity index is 2.69. The first-order valence-corrected chi connectivity index (χ1v) is 7.22. The van der Waals surface area contributed by atoms with Crippen LogP contribution in [0.15, 0.2) is 0 Å². The summed E-state index contributed by atoms with van der Waals surface area (Å²) in [5, 5.41) is 0. The monoisotopic (exact) mass is 242 g/mol. The van der Waals surface area contributed by atoms with E-state index in [2.05, 4.69) is 13.8 Å². The topological polar surface area (TPSA) is 18.5 Å². The first kappa shape index (κ1) is 15.0. The van der Waals surface area contributed by atoms with Crippen molar-refractivity contribution in [3.05, 3.63) is 0 Å². The molecule has 1 fully saturated rings. The molecule has 2 unspecified atom stereocenters. The minimum absolute atomic E-state index is 0.00102. The van der Waals surface area contributed by atoms with E-state index in [9.17, 15) is 0 Å². The Morgan fingerprint density at radius 2 is 1.88 bits per heavy atom. The predicted octanol–water partition coefficient (Wildman–Crippen LogP) is 4.03. The quantitative estimate of drug-likeness (QED) is 0.639. The van der Waals surface area contributed by atoms with Crippen LogP contribution >= 0.6 is 0 Å². The van der Waals surface area contributed by atoms with Gasteiger partial charge in [0.2, 0.25) is 0 Å². The lowest BCUT2D eigenvalue weighted by Crippen LogP contribution is -2.43. The second-order valence-corrected chi connectivity index (χ2v) is 5.73. The molecular formula is C15H30O2. The summed E-state index contributed by atoms with van der Waals surface area (Å²) in [6.07, 6.45) is 9.14. The fraction of sp³-hybridized carbons (Fsp3) is 1.00. The molecule has 0 heterocycles. The van der Waals surface area contributed by atoms with Gasteiger partial charge in [-0.1, -0.05) is 32.6 Å². The first-order chi connectivity index (χ1) is 8.18. The molecule has 0 saturated heterocycles. The van der Waals surface area contributed by atoms with Gasteiger partial charge in [0.1, 0.15) is 0 Å². The van der Waals surface area contributed by atoms with Gasteiger partial charge in [-0.15, -0.1) is 0 Å². The molecule has 0 aliphatic heterocycles. The smallest absolute Gasteiger partial charge is 0.0703 e. The summed E-state index contributed by atoms with van der Waals surface area (Å²) in [5.74, 6) is 1.36. The molecule has 1 aliphatic rings. The van der Waals surface area contributed by atoms with Crippen LogP contribution in [0.25, 0.3) is 0 Å². The van der Waals surface area contributed by atoms with E-state index >= 15 is 0 Å². The number of unbranched alkanes of at least 4 members (excludes halogenated alkanes) is 1. The van der Waals surface area contributed by atoms with Gasteiger partial charge in [0.15, 0.2) is 0 Å². The first-order valence-electron chi connectivity index (χ1n) is 7.22. The van der Waals surface area contributed by atoms with Gasteiger partial charge >= 0.3 is 0 Å². The molecule has 0 aromatic carbocycles. The van der Waals surface area contributed by atoms with Crippen molar-refractivity contribution in [1.82, 2.24) is 0 Å². The molecule has 17 heavy (non-hydrogen) atoms. The zero-order chi connectivity index (χ0) is 12.7. The Hall–Kier alpha value is -0.0800. The Morgan fingerprint density at radius 1 is 1.24 bits per heavy atom. The Kier molecular flexibility index (Phi) is 6.50. The molecule has 0 spiro atoms. The maximum absolute atomic E-state index is 5.89. The van der Waals surface area contributed by atoms with Gasteiger partial charge in [-0.25, -0.2) is 0 Å². The van der Waals surface area contributed by atoms with E-state index in [1.54, 1.807) is 0 Å². The molecule has 1 saturated carbocycles. The van der Waals surface area contributed by atoms with Crippen molar-refractivity contribution >= 4 is 0 Å². The van der Waals surface area contributed by atoms with Crippen molar-refractivity contribution in [2.45, 2.75) is 64.4 Å². The molecular weight excluding hydrogens is 212 g/mol. The molecule has 0 aromatic heterocycles. The molecule has 102 valence electrons. The molecule has 2 heteroatoms. The number of hydrogen-bond acceptors (Lipinski definition) is 2. The van der Waals surface area contributed by atoms with Crippen molar-refractivity contribution in [3.63, 3.8) is 0 Å². The zero-order valence-electron chi connectivity index (χ0n) is 12.1. The van der Waals surface area contributed by atoms with Crippen LogP contribution in [-0.2, 0) is 9.47 Å². The van der Waals surface area contributed by atoms with Crippen molar-refractivity contribution in [2.24, 2.45) is 11.8 Å². The second-order valence-electron chi connectivity index (χ2n) is 5.73. The van der Waals surface area contributed by atoms with E-state index in [0.29, 0.717) is 5.92 Å². The lowest BCUT2D eigenvalue weighted by molar-refractivity contribution is -0.0921. The Bertz CT molecular complexity index is 199. The average Bonchev–Trinajstić information content (AvgIpc) is 2.86. The highest BCUT2D eigenvalue weighted by atomic mass is 16.5. The largest absolute Gasteiger partial charge is 0.384 e. The Morgan fingerprint density at radius 3 is 2.35 bits per heavy atom. The summed E-state index contributed by atoms with van der Waals surface area (Å²) in [7, 11) is 3.69. The molecule has 0 radical (unpaired) electrons. The second kappa shape index (κ2) is 7.38. The van der Waals surface area contributed by atoms with Crippen LogP contribution < -0.4 is 0 Å². The van der Waals surface area contributed by atoms with Crippen molar-refractivity contribution < 1.29 is 9.47 Å². The summed E-state index contributed by atoms with van der Waals surface area (Å²) in [6.45, 7) is 5.38. The van der Waals surface area contributed by atoms with E-state index in [1.807, 2.05) is 14.2 Å². The number of hydrogen-bond donors (Lipinski definition) is 0. The van der Waals surface area contributed by atoms with Crippen molar-refractivity contribution in [1.29, 1.82) is 0 Å². The van der Waals surface area contributed by atoms with Gasteiger partial charge in [0.05, 0.1) is 12.2 Å². The highest BCUT2D eigenvalue weighted by molar-refractivity contribution is 4.90. The molecule has 2 nitrogen and oxygen atoms in total. The SMILES string of the molecule is CCCCC(C)(OC)C(COC)C1CCCC1. The van der Waals surface area contributed by atoms with Gasteiger partial charge in [-0.2, -0.15) is 0 Å². The summed E-state index contributed by atoms with van der Waals surface area (Å²) in [5.41, 5.74) is 0.00102. The predicted molar refractivity (Wildman–Crippen MR) is 72.3 cm³/mol. The van der Waals surface area contributed by atoms with Crippen LogP contribution in [-0.4, -0.2) is 26.4 Å². The van der Waals surface area contributed by atoms with Crippen LogP contribution in [0.2, 0.25) is 0 Å². The van der Waals surface area contributed by atoms with E-state index in [1.165, 1.54) is 38.5 Å². The third kappa shape index (κ3) is 3.96. The van der Waals surface area contributed by atoms with E-state index in [-0.39, 0.29) is 5.60 Å². The normalized spacial score (nSPS) is 22.6. The molecule has 0 aromatic rings. The minimum atomic E-state index is 0.00102. The lowest BCUT2D eigenvalue weighted by atomic mass is 9.76. The highest BCUT2D eigenvalue weighted by Gasteiger charge is 2.39. The molecule has 0 bridgehead atoms. The maximum atomic E-state index is 5.89.